The molecule has 4 unspecified atom stereocenters. The lowest BCUT2D eigenvalue weighted by Crippen LogP contribution is -2.51. The maximum absolute atomic E-state index is 6.60. The molecule has 3 nitrogen and oxygen atoms in total. The zero-order valence-electron chi connectivity index (χ0n) is 20.5. The summed E-state index contributed by atoms with van der Waals surface area (Å²) >= 11 is 0. The number of unbranched alkanes of at least 4 members (excludes halogenated alkanes) is 5. The van der Waals surface area contributed by atoms with Crippen molar-refractivity contribution in [2.45, 2.75) is 157 Å². The van der Waals surface area contributed by atoms with Crippen molar-refractivity contribution in [1.82, 2.24) is 0 Å². The monoisotopic (exact) mass is 400 g/mol. The van der Waals surface area contributed by atoms with Crippen LogP contribution in [0.1, 0.15) is 132 Å². The quantitative estimate of drug-likeness (QED) is 0.161. The van der Waals surface area contributed by atoms with E-state index in [1.165, 1.54) is 38.5 Å². The second kappa shape index (κ2) is 16.7. The van der Waals surface area contributed by atoms with Gasteiger partial charge in [-0.05, 0) is 52.9 Å². The molecule has 0 saturated heterocycles. The Morgan fingerprint density at radius 1 is 0.536 bits per heavy atom. The van der Waals surface area contributed by atoms with Gasteiger partial charge in [0.25, 0.3) is 5.97 Å². The third-order valence-corrected chi connectivity index (χ3v) is 5.86. The molecule has 0 amide bonds. The van der Waals surface area contributed by atoms with Gasteiger partial charge in [-0.15, -0.1) is 0 Å². The van der Waals surface area contributed by atoms with Gasteiger partial charge in [-0.3, -0.25) is 0 Å². The topological polar surface area (TPSA) is 27.7 Å². The van der Waals surface area contributed by atoms with E-state index in [1.807, 2.05) is 0 Å². The summed E-state index contributed by atoms with van der Waals surface area (Å²) in [6.07, 6.45) is 14.5. The van der Waals surface area contributed by atoms with Gasteiger partial charge in [-0.2, -0.15) is 0 Å². The Hall–Kier alpha value is -0.120. The zero-order valence-corrected chi connectivity index (χ0v) is 20.5. The maximum Gasteiger partial charge on any atom is 0.286 e. The Morgan fingerprint density at radius 2 is 0.964 bits per heavy atom. The second-order valence-corrected chi connectivity index (χ2v) is 8.66. The highest BCUT2D eigenvalue weighted by Gasteiger charge is 2.45. The van der Waals surface area contributed by atoms with Gasteiger partial charge in [0.05, 0.1) is 18.3 Å². The third-order valence-electron chi connectivity index (χ3n) is 5.86. The normalized spacial score (nSPS) is 18.4. The Morgan fingerprint density at radius 3 is 1.36 bits per heavy atom. The van der Waals surface area contributed by atoms with Crippen LogP contribution in [0.15, 0.2) is 0 Å². The molecule has 170 valence electrons. The molecular weight excluding hydrogens is 348 g/mol. The first-order chi connectivity index (χ1) is 13.4. The minimum atomic E-state index is -0.917. The lowest BCUT2D eigenvalue weighted by atomic mass is 9.92. The van der Waals surface area contributed by atoms with Crippen molar-refractivity contribution < 1.29 is 14.2 Å². The van der Waals surface area contributed by atoms with Gasteiger partial charge in [0.1, 0.15) is 0 Å². The molecule has 4 atom stereocenters. The van der Waals surface area contributed by atoms with E-state index in [0.29, 0.717) is 0 Å². The van der Waals surface area contributed by atoms with Gasteiger partial charge in [0.15, 0.2) is 0 Å². The van der Waals surface area contributed by atoms with Crippen molar-refractivity contribution >= 4 is 0 Å². The predicted molar refractivity (Wildman–Crippen MR) is 122 cm³/mol. The van der Waals surface area contributed by atoms with E-state index in [2.05, 4.69) is 55.4 Å². The fourth-order valence-corrected chi connectivity index (χ4v) is 3.48. The summed E-state index contributed by atoms with van der Waals surface area (Å²) in [4.78, 5) is 0. The Labute approximate surface area is 177 Å². The molecule has 28 heavy (non-hydrogen) atoms. The summed E-state index contributed by atoms with van der Waals surface area (Å²) in [5.41, 5.74) is 0. The van der Waals surface area contributed by atoms with E-state index >= 15 is 0 Å². The number of hydrogen-bond acceptors (Lipinski definition) is 3. The fraction of sp³-hybridized carbons (Fsp3) is 1.00. The van der Waals surface area contributed by atoms with E-state index < -0.39 is 5.97 Å². The Bertz CT molecular complexity index is 313. The molecule has 0 radical (unpaired) electrons. The summed E-state index contributed by atoms with van der Waals surface area (Å²) in [6.45, 7) is 17.5. The highest BCUT2D eigenvalue weighted by molar-refractivity contribution is 4.76. The standard InChI is InChI=1S/C25H52O3/c1-9-14-15-16-17-18-20-24(19-10-2)25(26-21(6)11-3,27-22(7)12-4)28-23(8)13-5/h21-24H,9-20H2,1-8H3. The molecule has 3 heteroatoms. The first kappa shape index (κ1) is 27.9. The van der Waals surface area contributed by atoms with Crippen LogP contribution in [0.25, 0.3) is 0 Å². The molecule has 0 N–H and O–H groups in total. The van der Waals surface area contributed by atoms with Gasteiger partial charge in [0, 0.05) is 5.92 Å². The largest absolute Gasteiger partial charge is 0.324 e. The summed E-state index contributed by atoms with van der Waals surface area (Å²) in [6, 6.07) is 0. The van der Waals surface area contributed by atoms with Gasteiger partial charge in [0.2, 0.25) is 0 Å². The smallest absolute Gasteiger partial charge is 0.286 e. The van der Waals surface area contributed by atoms with Crippen molar-refractivity contribution in [3.05, 3.63) is 0 Å². The molecule has 0 spiro atoms. The van der Waals surface area contributed by atoms with Crippen LogP contribution in [-0.4, -0.2) is 24.3 Å². The van der Waals surface area contributed by atoms with Crippen molar-refractivity contribution in [2.75, 3.05) is 0 Å². The lowest BCUT2D eigenvalue weighted by molar-refractivity contribution is -0.437. The average molecular weight is 401 g/mol. The van der Waals surface area contributed by atoms with E-state index in [1.54, 1.807) is 0 Å². The molecule has 0 heterocycles. The maximum atomic E-state index is 6.60. The van der Waals surface area contributed by atoms with Crippen molar-refractivity contribution in [3.63, 3.8) is 0 Å². The number of rotatable bonds is 19. The van der Waals surface area contributed by atoms with E-state index in [-0.39, 0.29) is 24.2 Å². The predicted octanol–water partition coefficient (Wildman–Crippen LogP) is 8.25. The molecule has 0 aliphatic carbocycles. The van der Waals surface area contributed by atoms with Crippen LogP contribution in [0.4, 0.5) is 0 Å². The van der Waals surface area contributed by atoms with Crippen molar-refractivity contribution in [3.8, 4) is 0 Å². The second-order valence-electron chi connectivity index (χ2n) is 8.66. The molecule has 0 saturated carbocycles. The van der Waals surface area contributed by atoms with Crippen molar-refractivity contribution in [2.24, 2.45) is 5.92 Å². The Balaban J connectivity index is 5.44. The molecular formula is C25H52O3. The Kier molecular flexibility index (Phi) is 16.6. The summed E-state index contributed by atoms with van der Waals surface area (Å²) in [5, 5.41) is 0. The molecule has 0 aliphatic rings. The van der Waals surface area contributed by atoms with E-state index in [0.717, 1.165) is 38.5 Å². The summed E-state index contributed by atoms with van der Waals surface area (Å²) in [5.74, 6) is -0.639. The molecule has 0 aromatic carbocycles. The molecule has 0 aromatic rings. The van der Waals surface area contributed by atoms with Crippen LogP contribution in [-0.2, 0) is 14.2 Å². The van der Waals surface area contributed by atoms with Crippen LogP contribution < -0.4 is 0 Å². The van der Waals surface area contributed by atoms with Gasteiger partial charge in [-0.25, -0.2) is 0 Å². The molecule has 0 bridgehead atoms. The molecule has 0 rings (SSSR count). The summed E-state index contributed by atoms with van der Waals surface area (Å²) < 4.78 is 19.8. The van der Waals surface area contributed by atoms with Crippen LogP contribution in [0.3, 0.4) is 0 Å². The van der Waals surface area contributed by atoms with Crippen LogP contribution in [0.2, 0.25) is 0 Å². The minimum Gasteiger partial charge on any atom is -0.324 e. The average Bonchev–Trinajstić information content (AvgIpc) is 2.69. The van der Waals surface area contributed by atoms with Gasteiger partial charge >= 0.3 is 0 Å². The molecule has 0 aromatic heterocycles. The van der Waals surface area contributed by atoms with Crippen LogP contribution >= 0.6 is 0 Å². The summed E-state index contributed by atoms with van der Waals surface area (Å²) in [7, 11) is 0. The van der Waals surface area contributed by atoms with Gasteiger partial charge < -0.3 is 14.2 Å². The van der Waals surface area contributed by atoms with Crippen LogP contribution in [0.5, 0.6) is 0 Å². The van der Waals surface area contributed by atoms with Crippen LogP contribution in [0, 0.1) is 5.92 Å². The number of ether oxygens (including phenoxy) is 3. The molecule has 0 fully saturated rings. The first-order valence-electron chi connectivity index (χ1n) is 12.4. The zero-order chi connectivity index (χ0) is 21.4. The first-order valence-corrected chi connectivity index (χ1v) is 12.4. The highest BCUT2D eigenvalue weighted by Crippen LogP contribution is 2.38. The van der Waals surface area contributed by atoms with Gasteiger partial charge in [-0.1, -0.05) is 79.6 Å². The minimum absolute atomic E-state index is 0.122. The third kappa shape index (κ3) is 11.2. The number of hydrogen-bond donors (Lipinski definition) is 0. The molecule has 0 aliphatic heterocycles. The lowest BCUT2D eigenvalue weighted by Gasteiger charge is -2.44. The van der Waals surface area contributed by atoms with Crippen molar-refractivity contribution in [1.29, 1.82) is 0 Å². The van der Waals surface area contributed by atoms with E-state index in [4.69, 9.17) is 14.2 Å². The SMILES string of the molecule is CCCCCCCCC(CCC)C(OC(C)CC)(OC(C)CC)OC(C)CC. The highest BCUT2D eigenvalue weighted by atomic mass is 16.9. The fourth-order valence-electron chi connectivity index (χ4n) is 3.48. The van der Waals surface area contributed by atoms with E-state index in [9.17, 15) is 0 Å².